The van der Waals surface area contributed by atoms with Crippen LogP contribution in [0.5, 0.6) is 11.5 Å². The molecule has 0 fully saturated rings. The largest absolute Gasteiger partial charge is 0.478 e. The summed E-state index contributed by atoms with van der Waals surface area (Å²) in [5.74, 6) is -2.58. The minimum Gasteiger partial charge on any atom is -0.478 e. The average molecular weight is 313 g/mol. The molecule has 0 aliphatic heterocycles. The Kier molecular flexibility index (Phi) is 3.99. The van der Waals surface area contributed by atoms with Gasteiger partial charge >= 0.3 is 11.7 Å². The number of halogens is 2. The number of nitro benzene ring substituents is 1. The molecule has 0 aliphatic rings. The van der Waals surface area contributed by atoms with Crippen molar-refractivity contribution >= 4 is 23.3 Å². The molecule has 0 unspecified atom stereocenters. The van der Waals surface area contributed by atoms with E-state index in [0.29, 0.717) is 6.07 Å². The van der Waals surface area contributed by atoms with Crippen LogP contribution in [-0.4, -0.2) is 21.0 Å². The second kappa shape index (κ2) is 5.71. The first-order valence-electron chi connectivity index (χ1n) is 5.38. The second-order valence-electron chi connectivity index (χ2n) is 3.81. The van der Waals surface area contributed by atoms with Crippen molar-refractivity contribution in [3.05, 3.63) is 57.1 Å². The lowest BCUT2D eigenvalue weighted by Gasteiger charge is -2.07. The molecule has 0 radical (unpaired) electrons. The highest BCUT2D eigenvalue weighted by Gasteiger charge is 2.20. The molecule has 1 aromatic heterocycles. The van der Waals surface area contributed by atoms with Gasteiger partial charge in [-0.25, -0.2) is 9.18 Å². The first-order valence-corrected chi connectivity index (χ1v) is 5.76. The van der Waals surface area contributed by atoms with Crippen LogP contribution < -0.4 is 4.74 Å². The third-order valence-corrected chi connectivity index (χ3v) is 2.68. The molecule has 0 aliphatic carbocycles. The molecule has 0 saturated heterocycles. The number of aromatic nitrogens is 1. The number of rotatable bonds is 4. The SMILES string of the molecule is O=C(O)c1cncc(Oc2cc(Cl)c(F)cc2[N+](=O)[O-])c1. The fourth-order valence-electron chi connectivity index (χ4n) is 1.46. The molecule has 2 aromatic rings. The number of hydrogen-bond donors (Lipinski definition) is 1. The molecule has 0 amide bonds. The molecule has 9 heteroatoms. The van der Waals surface area contributed by atoms with Gasteiger partial charge in [-0.2, -0.15) is 0 Å². The van der Waals surface area contributed by atoms with Gasteiger partial charge in [0, 0.05) is 12.3 Å². The van der Waals surface area contributed by atoms with Crippen LogP contribution in [0.4, 0.5) is 10.1 Å². The van der Waals surface area contributed by atoms with Crippen molar-refractivity contribution in [3.8, 4) is 11.5 Å². The molecule has 0 bridgehead atoms. The zero-order chi connectivity index (χ0) is 15.6. The maximum atomic E-state index is 13.2. The maximum Gasteiger partial charge on any atom is 0.337 e. The fraction of sp³-hybridized carbons (Fsp3) is 0. The molecule has 0 saturated carbocycles. The van der Waals surface area contributed by atoms with E-state index in [2.05, 4.69) is 4.98 Å². The summed E-state index contributed by atoms with van der Waals surface area (Å²) < 4.78 is 18.4. The van der Waals surface area contributed by atoms with Crippen molar-refractivity contribution < 1.29 is 24.0 Å². The smallest absolute Gasteiger partial charge is 0.337 e. The Bertz CT molecular complexity index is 738. The van der Waals surface area contributed by atoms with E-state index < -0.39 is 22.4 Å². The normalized spacial score (nSPS) is 10.2. The van der Waals surface area contributed by atoms with Crippen LogP contribution in [0.25, 0.3) is 0 Å². The summed E-state index contributed by atoms with van der Waals surface area (Å²) in [7, 11) is 0. The molecule has 1 heterocycles. The van der Waals surface area contributed by atoms with Gasteiger partial charge in [0.1, 0.15) is 11.6 Å². The lowest BCUT2D eigenvalue weighted by atomic mass is 10.2. The van der Waals surface area contributed by atoms with E-state index >= 15 is 0 Å². The monoisotopic (exact) mass is 312 g/mol. The lowest BCUT2D eigenvalue weighted by molar-refractivity contribution is -0.385. The van der Waals surface area contributed by atoms with Gasteiger partial charge < -0.3 is 9.84 Å². The van der Waals surface area contributed by atoms with Gasteiger partial charge in [0.15, 0.2) is 0 Å². The zero-order valence-electron chi connectivity index (χ0n) is 10.1. The molecule has 108 valence electrons. The molecule has 0 atom stereocenters. The number of hydrogen-bond acceptors (Lipinski definition) is 5. The predicted molar refractivity (Wildman–Crippen MR) is 69.3 cm³/mol. The van der Waals surface area contributed by atoms with Gasteiger partial charge in [-0.3, -0.25) is 15.1 Å². The summed E-state index contributed by atoms with van der Waals surface area (Å²) in [5, 5.41) is 19.3. The van der Waals surface area contributed by atoms with Crippen molar-refractivity contribution in [1.82, 2.24) is 4.98 Å². The van der Waals surface area contributed by atoms with Crippen molar-refractivity contribution in [2.75, 3.05) is 0 Å². The number of carboxylic acids is 1. The van der Waals surface area contributed by atoms with Crippen LogP contribution in [0.3, 0.4) is 0 Å². The standard InChI is InChI=1S/C12H6ClFN2O5/c13-8-2-11(10(16(19)20)3-9(8)14)21-7-1-6(12(17)18)4-15-5-7/h1-5H,(H,17,18). The number of nitro groups is 1. The Morgan fingerprint density at radius 3 is 2.71 bits per heavy atom. The van der Waals surface area contributed by atoms with E-state index in [-0.39, 0.29) is 22.1 Å². The van der Waals surface area contributed by atoms with Crippen molar-refractivity contribution in [1.29, 1.82) is 0 Å². The molecule has 1 aromatic carbocycles. The highest BCUT2D eigenvalue weighted by molar-refractivity contribution is 6.31. The molecular weight excluding hydrogens is 307 g/mol. The van der Waals surface area contributed by atoms with E-state index in [1.807, 2.05) is 0 Å². The van der Waals surface area contributed by atoms with E-state index in [1.54, 1.807) is 0 Å². The van der Waals surface area contributed by atoms with E-state index in [9.17, 15) is 19.3 Å². The average Bonchev–Trinajstić information content (AvgIpc) is 2.42. The van der Waals surface area contributed by atoms with Crippen molar-refractivity contribution in [3.63, 3.8) is 0 Å². The Morgan fingerprint density at radius 2 is 2.10 bits per heavy atom. The lowest BCUT2D eigenvalue weighted by Crippen LogP contribution is -1.99. The summed E-state index contributed by atoms with van der Waals surface area (Å²) in [6, 6.07) is 2.67. The first-order chi connectivity index (χ1) is 9.88. The molecule has 2 rings (SSSR count). The van der Waals surface area contributed by atoms with Gasteiger partial charge in [-0.15, -0.1) is 0 Å². The van der Waals surface area contributed by atoms with Gasteiger partial charge in [0.25, 0.3) is 0 Å². The minimum atomic E-state index is -1.24. The van der Waals surface area contributed by atoms with Crippen LogP contribution in [-0.2, 0) is 0 Å². The molecule has 7 nitrogen and oxygen atoms in total. The Hall–Kier alpha value is -2.74. The first kappa shape index (κ1) is 14.7. The quantitative estimate of drug-likeness (QED) is 0.686. The molecule has 1 N–H and O–H groups in total. The summed E-state index contributed by atoms with van der Waals surface area (Å²) >= 11 is 5.55. The Labute approximate surface area is 121 Å². The Morgan fingerprint density at radius 1 is 1.38 bits per heavy atom. The van der Waals surface area contributed by atoms with Crippen molar-refractivity contribution in [2.45, 2.75) is 0 Å². The maximum absolute atomic E-state index is 13.2. The summed E-state index contributed by atoms with van der Waals surface area (Å²) in [6.45, 7) is 0. The van der Waals surface area contributed by atoms with Crippen LogP contribution >= 0.6 is 11.6 Å². The van der Waals surface area contributed by atoms with Gasteiger partial charge in [0.05, 0.1) is 27.8 Å². The highest BCUT2D eigenvalue weighted by atomic mass is 35.5. The molecule has 21 heavy (non-hydrogen) atoms. The third-order valence-electron chi connectivity index (χ3n) is 2.39. The van der Waals surface area contributed by atoms with E-state index in [1.165, 1.54) is 0 Å². The topological polar surface area (TPSA) is 103 Å². The summed E-state index contributed by atoms with van der Waals surface area (Å²) in [5.41, 5.74) is -0.805. The van der Waals surface area contributed by atoms with Crippen LogP contribution in [0.15, 0.2) is 30.6 Å². The van der Waals surface area contributed by atoms with E-state index in [0.717, 1.165) is 24.5 Å². The van der Waals surface area contributed by atoms with E-state index in [4.69, 9.17) is 21.4 Å². The number of pyridine rings is 1. The molecule has 0 spiro atoms. The van der Waals surface area contributed by atoms with Gasteiger partial charge in [-0.1, -0.05) is 11.6 Å². The highest BCUT2D eigenvalue weighted by Crippen LogP contribution is 2.35. The second-order valence-corrected chi connectivity index (χ2v) is 4.21. The molecular formula is C12H6ClFN2O5. The van der Waals surface area contributed by atoms with Crippen molar-refractivity contribution in [2.24, 2.45) is 0 Å². The predicted octanol–water partition coefficient (Wildman–Crippen LogP) is 3.27. The fourth-order valence-corrected chi connectivity index (χ4v) is 1.61. The van der Waals surface area contributed by atoms with Crippen LogP contribution in [0, 0.1) is 15.9 Å². The Balaban J connectivity index is 2.43. The van der Waals surface area contributed by atoms with Crippen LogP contribution in [0.1, 0.15) is 10.4 Å². The van der Waals surface area contributed by atoms with Gasteiger partial charge in [0.2, 0.25) is 5.75 Å². The third kappa shape index (κ3) is 3.23. The zero-order valence-corrected chi connectivity index (χ0v) is 10.9. The van der Waals surface area contributed by atoms with Gasteiger partial charge in [-0.05, 0) is 6.07 Å². The summed E-state index contributed by atoms with van der Waals surface area (Å²) in [4.78, 5) is 24.5. The number of aromatic carboxylic acids is 1. The number of nitrogens with zero attached hydrogens (tertiary/aromatic N) is 2. The minimum absolute atomic E-state index is 0.0549. The number of carboxylic acid groups (broad SMARTS) is 1. The number of benzene rings is 1. The van der Waals surface area contributed by atoms with Crippen LogP contribution in [0.2, 0.25) is 5.02 Å². The number of carbonyl (C=O) groups is 1. The number of ether oxygens (including phenoxy) is 1. The summed E-state index contributed by atoms with van der Waals surface area (Å²) in [6.07, 6.45) is 2.24.